The number of carbonyl (C=O) groups excluding carboxylic acids is 2. The van der Waals surface area contributed by atoms with Crippen LogP contribution in [0.15, 0.2) is 40.6 Å². The number of hydrogen-bond acceptors (Lipinski definition) is 8. The van der Waals surface area contributed by atoms with Gasteiger partial charge in [-0.3, -0.25) is 19.0 Å². The van der Waals surface area contributed by atoms with E-state index in [-0.39, 0.29) is 36.8 Å². The Hall–Kier alpha value is -3.86. The van der Waals surface area contributed by atoms with Crippen LogP contribution in [0.3, 0.4) is 0 Å². The Labute approximate surface area is 199 Å². The van der Waals surface area contributed by atoms with Crippen LogP contribution in [0.25, 0.3) is 16.7 Å². The molecule has 0 bridgehead atoms. The van der Waals surface area contributed by atoms with Gasteiger partial charge in [-0.1, -0.05) is 17.7 Å². The van der Waals surface area contributed by atoms with Crippen molar-refractivity contribution in [1.82, 2.24) is 24.3 Å². The highest BCUT2D eigenvalue weighted by Gasteiger charge is 2.16. The summed E-state index contributed by atoms with van der Waals surface area (Å²) in [6.45, 7) is 5.93. The van der Waals surface area contributed by atoms with Crippen molar-refractivity contribution < 1.29 is 14.3 Å². The number of ether oxygens (including phenoxy) is 1. The zero-order valence-corrected chi connectivity index (χ0v) is 19.9. The molecule has 11 heteroatoms. The lowest BCUT2D eigenvalue weighted by Crippen LogP contribution is -2.26. The quantitative estimate of drug-likeness (QED) is 0.385. The molecule has 0 aliphatic rings. The summed E-state index contributed by atoms with van der Waals surface area (Å²) < 4.78 is 8.01. The van der Waals surface area contributed by atoms with Gasteiger partial charge in [0.05, 0.1) is 30.6 Å². The molecule has 3 heterocycles. The number of benzene rings is 1. The predicted molar refractivity (Wildman–Crippen MR) is 128 cm³/mol. The molecule has 0 radical (unpaired) electrons. The maximum absolute atomic E-state index is 13.1. The number of esters is 1. The molecule has 0 atom stereocenters. The normalized spacial score (nSPS) is 11.0. The molecule has 0 aliphatic carbocycles. The largest absolute Gasteiger partial charge is 0.466 e. The van der Waals surface area contributed by atoms with Crippen molar-refractivity contribution >= 4 is 39.4 Å². The molecule has 4 rings (SSSR count). The van der Waals surface area contributed by atoms with Crippen LogP contribution in [-0.4, -0.2) is 42.8 Å². The Balaban J connectivity index is 1.45. The summed E-state index contributed by atoms with van der Waals surface area (Å²) in [4.78, 5) is 45.9. The second-order valence-electron chi connectivity index (χ2n) is 7.67. The highest BCUT2D eigenvalue weighted by Crippen LogP contribution is 2.17. The van der Waals surface area contributed by atoms with E-state index in [4.69, 9.17) is 4.74 Å². The van der Waals surface area contributed by atoms with Crippen LogP contribution in [0.5, 0.6) is 0 Å². The zero-order chi connectivity index (χ0) is 24.2. The molecule has 0 saturated carbocycles. The van der Waals surface area contributed by atoms with Crippen LogP contribution in [-0.2, 0) is 27.3 Å². The van der Waals surface area contributed by atoms with E-state index in [1.807, 2.05) is 31.2 Å². The van der Waals surface area contributed by atoms with Crippen molar-refractivity contribution in [3.63, 3.8) is 0 Å². The molecule has 0 fully saturated rings. The maximum Gasteiger partial charge on any atom is 0.311 e. The third kappa shape index (κ3) is 5.04. The Morgan fingerprint density at radius 3 is 2.65 bits per heavy atom. The van der Waals surface area contributed by atoms with Crippen molar-refractivity contribution in [2.75, 3.05) is 11.9 Å². The van der Waals surface area contributed by atoms with Gasteiger partial charge in [0.2, 0.25) is 5.91 Å². The summed E-state index contributed by atoms with van der Waals surface area (Å²) in [5.41, 5.74) is 2.70. The Bertz CT molecular complexity index is 1400. The van der Waals surface area contributed by atoms with Gasteiger partial charge in [0.15, 0.2) is 10.8 Å². The van der Waals surface area contributed by atoms with E-state index < -0.39 is 0 Å². The number of nitrogens with zero attached hydrogens (tertiary/aromatic N) is 5. The summed E-state index contributed by atoms with van der Waals surface area (Å²) in [6, 6.07) is 7.78. The molecule has 4 aromatic rings. The van der Waals surface area contributed by atoms with Crippen molar-refractivity contribution in [1.29, 1.82) is 0 Å². The second kappa shape index (κ2) is 9.96. The van der Waals surface area contributed by atoms with Gasteiger partial charge in [-0.25, -0.2) is 14.6 Å². The van der Waals surface area contributed by atoms with Crippen molar-refractivity contribution in [3.05, 3.63) is 63.3 Å². The van der Waals surface area contributed by atoms with Gasteiger partial charge in [-0.15, -0.1) is 11.3 Å². The van der Waals surface area contributed by atoms with Crippen LogP contribution in [0.1, 0.15) is 30.4 Å². The summed E-state index contributed by atoms with van der Waals surface area (Å²) in [5.74, 6) is -0.168. The fraction of sp³-hybridized carbons (Fsp3) is 0.304. The van der Waals surface area contributed by atoms with Crippen LogP contribution < -0.4 is 10.9 Å². The van der Waals surface area contributed by atoms with Gasteiger partial charge in [-0.2, -0.15) is 5.10 Å². The van der Waals surface area contributed by atoms with E-state index in [0.717, 1.165) is 11.3 Å². The lowest BCUT2D eigenvalue weighted by Gasteiger charge is -2.10. The van der Waals surface area contributed by atoms with Gasteiger partial charge >= 0.3 is 5.97 Å². The molecule has 0 unspecified atom stereocenters. The number of rotatable bonds is 8. The fourth-order valence-electron chi connectivity index (χ4n) is 3.45. The summed E-state index contributed by atoms with van der Waals surface area (Å²) in [5, 5.41) is 9.53. The molecule has 3 aromatic heterocycles. The van der Waals surface area contributed by atoms with Gasteiger partial charge in [0, 0.05) is 18.3 Å². The average Bonchev–Trinajstić information content (AvgIpc) is 3.41. The third-order valence-corrected chi connectivity index (χ3v) is 5.95. The Morgan fingerprint density at radius 2 is 1.91 bits per heavy atom. The minimum absolute atomic E-state index is 0.0523. The average molecular weight is 481 g/mol. The maximum atomic E-state index is 13.1. The number of carbonyl (C=O) groups is 2. The van der Waals surface area contributed by atoms with E-state index in [1.165, 1.54) is 22.1 Å². The van der Waals surface area contributed by atoms with E-state index in [1.54, 1.807) is 23.9 Å². The number of thiazole rings is 1. The van der Waals surface area contributed by atoms with Gasteiger partial charge in [0.1, 0.15) is 11.2 Å². The van der Waals surface area contributed by atoms with Crippen LogP contribution in [0, 0.1) is 13.8 Å². The number of amides is 1. The topological polar surface area (TPSA) is 121 Å². The van der Waals surface area contributed by atoms with E-state index in [0.29, 0.717) is 34.3 Å². The van der Waals surface area contributed by atoms with E-state index >= 15 is 0 Å². The molecular formula is C23H24N6O4S. The first kappa shape index (κ1) is 23.3. The third-order valence-electron chi connectivity index (χ3n) is 5.15. The van der Waals surface area contributed by atoms with Crippen molar-refractivity contribution in [3.8, 4) is 5.69 Å². The number of aryl methyl sites for hydroxylation is 2. The number of hydrogen-bond donors (Lipinski definition) is 1. The standard InChI is InChI=1S/C23H24N6O4S/c1-4-33-20(31)11-16-13-34-23(26-16)27-19(30)9-10-28-15(3)25-21-18(22(28)32)12-24-29(21)17-7-5-14(2)6-8-17/h5-8,12-13H,4,9-11H2,1-3H3,(H,26,27,30). The fourth-order valence-corrected chi connectivity index (χ4v) is 4.17. The summed E-state index contributed by atoms with van der Waals surface area (Å²) in [6.07, 6.45) is 1.62. The predicted octanol–water partition coefficient (Wildman–Crippen LogP) is 2.79. The number of fused-ring (bicyclic) bond motifs is 1. The highest BCUT2D eigenvalue weighted by atomic mass is 32.1. The molecule has 1 amide bonds. The minimum atomic E-state index is -0.367. The first-order valence-corrected chi connectivity index (χ1v) is 11.7. The first-order chi connectivity index (χ1) is 16.4. The number of anilines is 1. The molecule has 0 saturated heterocycles. The van der Waals surface area contributed by atoms with Crippen molar-refractivity contribution in [2.24, 2.45) is 0 Å². The van der Waals surface area contributed by atoms with Gasteiger partial charge < -0.3 is 10.1 Å². The lowest BCUT2D eigenvalue weighted by atomic mass is 10.2. The Kier molecular flexibility index (Phi) is 6.82. The monoisotopic (exact) mass is 480 g/mol. The zero-order valence-electron chi connectivity index (χ0n) is 19.1. The van der Waals surface area contributed by atoms with E-state index in [9.17, 15) is 14.4 Å². The first-order valence-electron chi connectivity index (χ1n) is 10.8. The number of nitrogens with one attached hydrogen (secondary N) is 1. The van der Waals surface area contributed by atoms with Gasteiger partial charge in [0.25, 0.3) is 5.56 Å². The summed E-state index contributed by atoms with van der Waals surface area (Å²) >= 11 is 1.23. The minimum Gasteiger partial charge on any atom is -0.466 e. The SMILES string of the molecule is CCOC(=O)Cc1csc(NC(=O)CCn2c(C)nc3c(cnn3-c3ccc(C)cc3)c2=O)n1. The Morgan fingerprint density at radius 1 is 1.15 bits per heavy atom. The van der Waals surface area contributed by atoms with Crippen LogP contribution in [0.4, 0.5) is 5.13 Å². The van der Waals surface area contributed by atoms with Crippen LogP contribution in [0.2, 0.25) is 0 Å². The smallest absolute Gasteiger partial charge is 0.311 e. The molecule has 176 valence electrons. The number of aromatic nitrogens is 5. The molecule has 0 spiro atoms. The molecule has 1 N–H and O–H groups in total. The lowest BCUT2D eigenvalue weighted by molar-refractivity contribution is -0.142. The molecule has 10 nitrogen and oxygen atoms in total. The molecule has 0 aliphatic heterocycles. The molecular weight excluding hydrogens is 456 g/mol. The molecule has 1 aromatic carbocycles. The second-order valence-corrected chi connectivity index (χ2v) is 8.53. The van der Waals surface area contributed by atoms with Gasteiger partial charge in [-0.05, 0) is 32.9 Å². The van der Waals surface area contributed by atoms with Crippen LogP contribution >= 0.6 is 11.3 Å². The van der Waals surface area contributed by atoms with Crippen molar-refractivity contribution in [2.45, 2.75) is 40.2 Å². The molecule has 34 heavy (non-hydrogen) atoms. The van der Waals surface area contributed by atoms with E-state index in [2.05, 4.69) is 20.4 Å². The highest BCUT2D eigenvalue weighted by molar-refractivity contribution is 7.13. The summed E-state index contributed by atoms with van der Waals surface area (Å²) in [7, 11) is 0.